The molecule has 3 N–H and O–H groups in total. The molecule has 1 fully saturated rings. The molecule has 8 nitrogen and oxygen atoms in total. The van der Waals surface area contributed by atoms with E-state index in [0.717, 1.165) is 65.6 Å². The number of hydrogen-bond acceptors (Lipinski definition) is 8. The predicted octanol–water partition coefficient (Wildman–Crippen LogP) is 4.08. The zero-order valence-corrected chi connectivity index (χ0v) is 19.5. The van der Waals surface area contributed by atoms with Gasteiger partial charge in [-0.25, -0.2) is 9.97 Å². The average Bonchev–Trinajstić information content (AvgIpc) is 2.84. The minimum Gasteiger partial charge on any atom is -0.354 e. The molecule has 1 aliphatic heterocycles. The van der Waals surface area contributed by atoms with E-state index >= 15 is 0 Å². The fourth-order valence-corrected chi connectivity index (χ4v) is 4.25. The highest BCUT2D eigenvalue weighted by atomic mass is 32.2. The van der Waals surface area contributed by atoms with Crippen LogP contribution in [0.3, 0.4) is 0 Å². The van der Waals surface area contributed by atoms with E-state index in [1.807, 2.05) is 24.3 Å². The number of carbonyl (C=O) groups excluding carboxylic acids is 1. The zero-order valence-electron chi connectivity index (χ0n) is 18.7. The summed E-state index contributed by atoms with van der Waals surface area (Å²) >= 11 is 1.05. The van der Waals surface area contributed by atoms with Gasteiger partial charge in [0.05, 0.1) is 10.6 Å². The molecule has 3 heterocycles. The number of benzene rings is 1. The number of aromatic nitrogens is 2. The molecule has 0 spiro atoms. The third kappa shape index (κ3) is 5.37. The molecule has 33 heavy (non-hydrogen) atoms. The monoisotopic (exact) mass is 461 g/mol. The molecule has 4 rings (SSSR count). The quantitative estimate of drug-likeness (QED) is 0.377. The molecule has 1 aliphatic rings. The van der Waals surface area contributed by atoms with Gasteiger partial charge in [0.2, 0.25) is 0 Å². The molecule has 9 heteroatoms. The molecule has 0 bridgehead atoms. The van der Waals surface area contributed by atoms with Crippen molar-refractivity contribution in [3.05, 3.63) is 59.9 Å². The fraction of sp³-hybridized carbons (Fsp3) is 0.292. The molecule has 0 saturated carbocycles. The van der Waals surface area contributed by atoms with Gasteiger partial charge in [0.25, 0.3) is 5.91 Å². The first-order valence-corrected chi connectivity index (χ1v) is 11.7. The van der Waals surface area contributed by atoms with E-state index in [1.54, 1.807) is 24.5 Å². The Hall–Kier alpha value is -3.30. The van der Waals surface area contributed by atoms with Crippen molar-refractivity contribution in [1.29, 1.82) is 10.8 Å². The summed E-state index contributed by atoms with van der Waals surface area (Å²) in [6.07, 6.45) is 3.38. The first kappa shape index (κ1) is 22.9. The minimum absolute atomic E-state index is 0.241. The third-order valence-corrected chi connectivity index (χ3v) is 6.37. The minimum atomic E-state index is -0.241. The Bertz CT molecular complexity index is 1190. The van der Waals surface area contributed by atoms with E-state index in [1.165, 1.54) is 0 Å². The van der Waals surface area contributed by atoms with Crippen molar-refractivity contribution in [1.82, 2.24) is 14.9 Å². The van der Waals surface area contributed by atoms with Gasteiger partial charge in [0.15, 0.2) is 0 Å². The van der Waals surface area contributed by atoms with E-state index in [4.69, 9.17) is 10.8 Å². The van der Waals surface area contributed by atoms with Crippen LogP contribution in [0.2, 0.25) is 0 Å². The summed E-state index contributed by atoms with van der Waals surface area (Å²) in [5.41, 5.74) is 2.39. The molecular weight excluding hydrogens is 434 g/mol. The van der Waals surface area contributed by atoms with Crippen molar-refractivity contribution in [3.63, 3.8) is 0 Å². The van der Waals surface area contributed by atoms with Crippen LogP contribution in [0, 0.1) is 10.8 Å². The Kier molecular flexibility index (Phi) is 7.00. The van der Waals surface area contributed by atoms with E-state index < -0.39 is 0 Å². The molecule has 1 saturated heterocycles. The van der Waals surface area contributed by atoms with Crippen LogP contribution < -0.4 is 10.2 Å². The average molecular weight is 462 g/mol. The Morgan fingerprint density at radius 3 is 2.58 bits per heavy atom. The van der Waals surface area contributed by atoms with Gasteiger partial charge in [-0.3, -0.25) is 15.1 Å². The number of fused-ring (bicyclic) bond motifs is 1. The fourth-order valence-electron chi connectivity index (χ4n) is 3.87. The number of amides is 1. The van der Waals surface area contributed by atoms with Crippen LogP contribution >= 0.6 is 11.8 Å². The number of piperazine rings is 1. The lowest BCUT2D eigenvalue weighted by Crippen LogP contribution is -2.49. The van der Waals surface area contributed by atoms with Gasteiger partial charge < -0.3 is 15.6 Å². The highest BCUT2D eigenvalue weighted by Gasteiger charge is 2.20. The number of thioether (sulfide) groups is 1. The SMILES string of the molecule is CC(C)N1CCN(c2cc(C(=O)Nc3cc4cc(C(=N)SC=N)ccc4cn3)ccn2)CC1. The highest BCUT2D eigenvalue weighted by Crippen LogP contribution is 2.22. The van der Waals surface area contributed by atoms with Gasteiger partial charge in [-0.2, -0.15) is 0 Å². The Balaban J connectivity index is 1.48. The Morgan fingerprint density at radius 2 is 1.85 bits per heavy atom. The molecule has 3 aromatic rings. The molecule has 170 valence electrons. The second-order valence-electron chi connectivity index (χ2n) is 8.17. The summed E-state index contributed by atoms with van der Waals surface area (Å²) in [6, 6.07) is 11.5. The molecule has 0 atom stereocenters. The van der Waals surface area contributed by atoms with E-state index in [9.17, 15) is 4.79 Å². The van der Waals surface area contributed by atoms with Crippen LogP contribution in [0.1, 0.15) is 29.8 Å². The summed E-state index contributed by atoms with van der Waals surface area (Å²) in [4.78, 5) is 26.4. The lowest BCUT2D eigenvalue weighted by atomic mass is 10.1. The van der Waals surface area contributed by atoms with Crippen molar-refractivity contribution in [2.45, 2.75) is 19.9 Å². The number of hydrogen-bond donors (Lipinski definition) is 3. The smallest absolute Gasteiger partial charge is 0.257 e. The van der Waals surface area contributed by atoms with Gasteiger partial charge in [-0.1, -0.05) is 23.9 Å². The summed E-state index contributed by atoms with van der Waals surface area (Å²) < 4.78 is 0. The van der Waals surface area contributed by atoms with Crippen LogP contribution in [0.15, 0.2) is 48.8 Å². The van der Waals surface area contributed by atoms with Crippen LogP contribution in [0.25, 0.3) is 10.8 Å². The molecular formula is C24H27N7OS. The molecule has 1 aromatic carbocycles. The van der Waals surface area contributed by atoms with Crippen molar-refractivity contribution in [3.8, 4) is 0 Å². The van der Waals surface area contributed by atoms with E-state index in [0.29, 0.717) is 22.5 Å². The van der Waals surface area contributed by atoms with Gasteiger partial charge >= 0.3 is 0 Å². The van der Waals surface area contributed by atoms with Gasteiger partial charge in [0.1, 0.15) is 11.6 Å². The van der Waals surface area contributed by atoms with Crippen molar-refractivity contribution >= 4 is 50.7 Å². The van der Waals surface area contributed by atoms with Crippen LogP contribution in [0.4, 0.5) is 11.6 Å². The molecule has 1 amide bonds. The normalized spacial score (nSPS) is 14.5. The number of anilines is 2. The topological polar surface area (TPSA) is 109 Å². The molecule has 2 aromatic heterocycles. The zero-order chi connectivity index (χ0) is 23.4. The number of nitrogens with zero attached hydrogens (tertiary/aromatic N) is 4. The summed E-state index contributed by atoms with van der Waals surface area (Å²) in [5.74, 6) is 1.01. The van der Waals surface area contributed by atoms with Crippen LogP contribution in [0.5, 0.6) is 0 Å². The Morgan fingerprint density at radius 1 is 1.06 bits per heavy atom. The number of rotatable bonds is 6. The van der Waals surface area contributed by atoms with Crippen molar-refractivity contribution < 1.29 is 4.79 Å². The van der Waals surface area contributed by atoms with Gasteiger partial charge in [-0.15, -0.1) is 0 Å². The van der Waals surface area contributed by atoms with Gasteiger partial charge in [-0.05, 0) is 43.5 Å². The number of carbonyl (C=O) groups is 1. The third-order valence-electron chi connectivity index (χ3n) is 5.78. The lowest BCUT2D eigenvalue weighted by molar-refractivity contribution is 0.102. The first-order valence-electron chi connectivity index (χ1n) is 10.9. The van der Waals surface area contributed by atoms with Crippen molar-refractivity contribution in [2.24, 2.45) is 0 Å². The summed E-state index contributed by atoms with van der Waals surface area (Å²) in [5, 5.41) is 20.2. The summed E-state index contributed by atoms with van der Waals surface area (Å²) in [6.45, 7) is 8.15. The predicted molar refractivity (Wildman–Crippen MR) is 136 cm³/mol. The first-order chi connectivity index (χ1) is 15.9. The second kappa shape index (κ2) is 10.1. The number of pyridine rings is 2. The van der Waals surface area contributed by atoms with Crippen molar-refractivity contribution in [2.75, 3.05) is 36.4 Å². The largest absolute Gasteiger partial charge is 0.354 e. The molecule has 0 radical (unpaired) electrons. The van der Waals surface area contributed by atoms with Crippen LogP contribution in [-0.4, -0.2) is 63.6 Å². The standard InChI is InChI=1S/C24H27N7OS/c1-16(2)30-7-9-31(10-8-30)22-13-18(5-6-27-22)24(32)29-21-12-20-11-17(23(26)33-15-25)3-4-19(20)14-28-21/h3-6,11-16,25-26H,7-10H2,1-2H3,(H,28,29,32). The maximum Gasteiger partial charge on any atom is 0.257 e. The lowest BCUT2D eigenvalue weighted by Gasteiger charge is -2.37. The Labute approximate surface area is 197 Å². The second-order valence-corrected chi connectivity index (χ2v) is 9.05. The summed E-state index contributed by atoms with van der Waals surface area (Å²) in [7, 11) is 0. The highest BCUT2D eigenvalue weighted by molar-refractivity contribution is 8.25. The van der Waals surface area contributed by atoms with E-state index in [-0.39, 0.29) is 5.91 Å². The van der Waals surface area contributed by atoms with Crippen LogP contribution in [-0.2, 0) is 0 Å². The maximum absolute atomic E-state index is 12.9. The molecule has 0 unspecified atom stereocenters. The number of nitrogens with one attached hydrogen (secondary N) is 3. The van der Waals surface area contributed by atoms with Gasteiger partial charge in [0, 0.05) is 61.1 Å². The van der Waals surface area contributed by atoms with E-state index in [2.05, 4.69) is 38.9 Å². The maximum atomic E-state index is 12.9. The molecule has 0 aliphatic carbocycles.